The number of carbonyl (C=O) groups excluding carboxylic acids is 1. The van der Waals surface area contributed by atoms with E-state index in [4.69, 9.17) is 22.6 Å². The summed E-state index contributed by atoms with van der Waals surface area (Å²) in [6.07, 6.45) is 0.245. The van der Waals surface area contributed by atoms with Crippen LogP contribution in [0.5, 0.6) is 0 Å². The van der Waals surface area contributed by atoms with Crippen molar-refractivity contribution in [2.75, 3.05) is 0 Å². The molecule has 0 aliphatic carbocycles. The van der Waals surface area contributed by atoms with Gasteiger partial charge in [0, 0.05) is 0 Å². The molecular weight excluding hydrogens is 168 g/mol. The van der Waals surface area contributed by atoms with Crippen molar-refractivity contribution < 1.29 is 9.90 Å². The minimum absolute atomic E-state index is 0.445. The average molecular weight is 181 g/mol. The zero-order chi connectivity index (χ0) is 8.85. The monoisotopic (exact) mass is 180 g/mol. The lowest BCUT2D eigenvalue weighted by Gasteiger charge is -2.17. The van der Waals surface area contributed by atoms with Crippen LogP contribution < -0.4 is 10.6 Å². The lowest BCUT2D eigenvalue weighted by Crippen LogP contribution is -2.43. The summed E-state index contributed by atoms with van der Waals surface area (Å²) >= 11 is 5.27. The SMILES string of the molecule is CCCC(NCl)C(O)C(N)=O. The van der Waals surface area contributed by atoms with E-state index in [1.165, 1.54) is 0 Å². The second-order valence-corrected chi connectivity index (χ2v) is 2.57. The molecule has 0 aliphatic rings. The molecule has 2 atom stereocenters. The number of carbonyl (C=O) groups is 1. The molecule has 0 saturated heterocycles. The van der Waals surface area contributed by atoms with Gasteiger partial charge in [0.05, 0.1) is 6.04 Å². The van der Waals surface area contributed by atoms with Crippen LogP contribution in [0, 0.1) is 0 Å². The second kappa shape index (κ2) is 5.35. The first-order valence-corrected chi connectivity index (χ1v) is 3.84. The number of primary amides is 1. The summed E-state index contributed by atoms with van der Waals surface area (Å²) in [4.78, 5) is 12.8. The van der Waals surface area contributed by atoms with Crippen LogP contribution in [0.15, 0.2) is 0 Å². The highest BCUT2D eigenvalue weighted by Gasteiger charge is 2.21. The molecule has 0 aromatic carbocycles. The van der Waals surface area contributed by atoms with Crippen LogP contribution in [0.25, 0.3) is 0 Å². The minimum Gasteiger partial charge on any atom is -0.382 e. The molecule has 2 unspecified atom stereocenters. The number of aliphatic hydroxyl groups is 1. The van der Waals surface area contributed by atoms with Gasteiger partial charge in [0.25, 0.3) is 0 Å². The Balaban J connectivity index is 3.91. The number of rotatable bonds is 5. The highest BCUT2D eigenvalue weighted by Crippen LogP contribution is 2.02. The van der Waals surface area contributed by atoms with E-state index in [1.54, 1.807) is 0 Å². The number of halogens is 1. The first kappa shape index (κ1) is 10.7. The molecule has 0 aromatic rings. The van der Waals surface area contributed by atoms with E-state index >= 15 is 0 Å². The maximum atomic E-state index is 10.4. The van der Waals surface area contributed by atoms with Crippen LogP contribution in [-0.4, -0.2) is 23.2 Å². The number of amides is 1. The summed E-state index contributed by atoms with van der Waals surface area (Å²) in [5.41, 5.74) is 4.86. The predicted molar refractivity (Wildman–Crippen MR) is 42.9 cm³/mol. The molecule has 11 heavy (non-hydrogen) atoms. The van der Waals surface area contributed by atoms with E-state index in [0.717, 1.165) is 6.42 Å². The van der Waals surface area contributed by atoms with Crippen molar-refractivity contribution in [3.05, 3.63) is 0 Å². The number of aliphatic hydroxyl groups excluding tert-OH is 1. The topological polar surface area (TPSA) is 75.3 Å². The largest absolute Gasteiger partial charge is 0.382 e. The van der Waals surface area contributed by atoms with E-state index in [-0.39, 0.29) is 0 Å². The molecule has 1 amide bonds. The van der Waals surface area contributed by atoms with Crippen molar-refractivity contribution in [1.82, 2.24) is 4.84 Å². The van der Waals surface area contributed by atoms with E-state index in [1.807, 2.05) is 6.92 Å². The van der Waals surface area contributed by atoms with Crippen molar-refractivity contribution in [3.63, 3.8) is 0 Å². The van der Waals surface area contributed by atoms with Gasteiger partial charge in [-0.25, -0.2) is 4.84 Å². The number of nitrogens with two attached hydrogens (primary N) is 1. The third kappa shape index (κ3) is 3.55. The average Bonchev–Trinajstić information content (AvgIpc) is 1.98. The standard InChI is InChI=1S/C6H13ClN2O2/c1-2-3-4(9-7)5(10)6(8)11/h4-5,9-10H,2-3H2,1H3,(H2,8,11). The smallest absolute Gasteiger partial charge is 0.247 e. The van der Waals surface area contributed by atoms with Gasteiger partial charge >= 0.3 is 0 Å². The molecule has 4 nitrogen and oxygen atoms in total. The Morgan fingerprint density at radius 3 is 2.64 bits per heavy atom. The van der Waals surface area contributed by atoms with Crippen molar-refractivity contribution >= 4 is 17.7 Å². The van der Waals surface area contributed by atoms with Gasteiger partial charge in [0.2, 0.25) is 5.91 Å². The molecular formula is C6H13ClN2O2. The summed E-state index contributed by atoms with van der Waals surface area (Å²) in [6, 6.07) is -0.445. The highest BCUT2D eigenvalue weighted by molar-refractivity contribution is 6.13. The van der Waals surface area contributed by atoms with Crippen molar-refractivity contribution in [2.45, 2.75) is 31.9 Å². The fraction of sp³-hybridized carbons (Fsp3) is 0.833. The van der Waals surface area contributed by atoms with Gasteiger partial charge in [-0.05, 0) is 18.2 Å². The normalized spacial score (nSPS) is 15.9. The van der Waals surface area contributed by atoms with Gasteiger partial charge in [0.1, 0.15) is 6.10 Å². The van der Waals surface area contributed by atoms with Crippen LogP contribution in [-0.2, 0) is 4.79 Å². The highest BCUT2D eigenvalue weighted by atomic mass is 35.5. The lowest BCUT2D eigenvalue weighted by atomic mass is 10.1. The maximum absolute atomic E-state index is 10.4. The van der Waals surface area contributed by atoms with Crippen LogP contribution in [0.3, 0.4) is 0 Å². The fourth-order valence-electron chi connectivity index (χ4n) is 0.781. The Kier molecular flexibility index (Phi) is 5.19. The van der Waals surface area contributed by atoms with Crippen LogP contribution >= 0.6 is 11.8 Å². The van der Waals surface area contributed by atoms with Crippen LogP contribution in [0.4, 0.5) is 0 Å². The molecule has 0 aromatic heterocycles. The number of hydrogen-bond donors (Lipinski definition) is 3. The summed E-state index contributed by atoms with van der Waals surface area (Å²) < 4.78 is 0. The molecule has 0 heterocycles. The van der Waals surface area contributed by atoms with E-state index in [2.05, 4.69) is 4.84 Å². The molecule has 0 rings (SSSR count). The third-order valence-electron chi connectivity index (χ3n) is 1.41. The first-order valence-electron chi connectivity index (χ1n) is 3.47. The van der Waals surface area contributed by atoms with Gasteiger partial charge in [-0.1, -0.05) is 13.3 Å². The quantitative estimate of drug-likeness (QED) is 0.511. The van der Waals surface area contributed by atoms with Crippen molar-refractivity contribution in [3.8, 4) is 0 Å². The van der Waals surface area contributed by atoms with E-state index in [9.17, 15) is 4.79 Å². The zero-order valence-electron chi connectivity index (χ0n) is 6.38. The van der Waals surface area contributed by atoms with Crippen molar-refractivity contribution in [2.24, 2.45) is 5.73 Å². The molecule has 66 valence electrons. The fourth-order valence-corrected chi connectivity index (χ4v) is 1.01. The Morgan fingerprint density at radius 2 is 2.36 bits per heavy atom. The Morgan fingerprint density at radius 1 is 1.82 bits per heavy atom. The summed E-state index contributed by atoms with van der Waals surface area (Å²) in [6.45, 7) is 1.93. The summed E-state index contributed by atoms with van der Waals surface area (Å²) in [5, 5.41) is 9.10. The Labute approximate surface area is 70.8 Å². The van der Waals surface area contributed by atoms with Gasteiger partial charge in [-0.3, -0.25) is 4.79 Å². The molecule has 0 radical (unpaired) electrons. The van der Waals surface area contributed by atoms with Gasteiger partial charge < -0.3 is 10.8 Å². The van der Waals surface area contributed by atoms with Gasteiger partial charge in [-0.15, -0.1) is 0 Å². The maximum Gasteiger partial charge on any atom is 0.247 e. The molecule has 0 fully saturated rings. The van der Waals surface area contributed by atoms with Crippen LogP contribution in [0.1, 0.15) is 19.8 Å². The van der Waals surface area contributed by atoms with Crippen molar-refractivity contribution in [1.29, 1.82) is 0 Å². The number of hydrogen-bond acceptors (Lipinski definition) is 3. The molecule has 0 aliphatic heterocycles. The van der Waals surface area contributed by atoms with Gasteiger partial charge in [-0.2, -0.15) is 0 Å². The minimum atomic E-state index is -1.20. The molecule has 0 saturated carbocycles. The van der Waals surface area contributed by atoms with E-state index < -0.39 is 18.1 Å². The molecule has 0 bridgehead atoms. The number of nitrogens with one attached hydrogen (secondary N) is 1. The summed E-state index contributed by atoms with van der Waals surface area (Å²) in [5.74, 6) is -0.753. The Hall–Kier alpha value is -0.320. The summed E-state index contributed by atoms with van der Waals surface area (Å²) in [7, 11) is 0. The zero-order valence-corrected chi connectivity index (χ0v) is 7.14. The van der Waals surface area contributed by atoms with Crippen LogP contribution in [0.2, 0.25) is 0 Å². The second-order valence-electron chi connectivity index (χ2n) is 2.35. The van der Waals surface area contributed by atoms with Gasteiger partial charge in [0.15, 0.2) is 0 Å². The predicted octanol–water partition coefficient (Wildman–Crippen LogP) is -0.255. The lowest BCUT2D eigenvalue weighted by molar-refractivity contribution is -0.127. The molecule has 0 spiro atoms. The first-order chi connectivity index (χ1) is 5.13. The molecule has 5 heteroatoms. The molecule has 4 N–H and O–H groups in total. The van der Waals surface area contributed by atoms with E-state index in [0.29, 0.717) is 6.42 Å². The Bertz CT molecular complexity index is 132. The third-order valence-corrected chi connectivity index (χ3v) is 1.69.